The number of hydrogen-bond donors (Lipinski definition) is 1. The highest BCUT2D eigenvalue weighted by atomic mass is 16.1. The number of nitrogens with zero attached hydrogens (tertiary/aromatic N) is 2. The molecule has 1 aromatic heterocycles. The summed E-state index contributed by atoms with van der Waals surface area (Å²) in [4.78, 5) is 15.6. The number of hydrogen-bond acceptors (Lipinski definition) is 2. The van der Waals surface area contributed by atoms with E-state index in [1.165, 1.54) is 0 Å². The van der Waals surface area contributed by atoms with Crippen LogP contribution in [0.3, 0.4) is 0 Å². The average Bonchev–Trinajstić information content (AvgIpc) is 2.85. The first kappa shape index (κ1) is 12.1. The molecule has 1 heterocycles. The van der Waals surface area contributed by atoms with Crippen molar-refractivity contribution in [3.05, 3.63) is 60.7 Å². The molecule has 0 radical (unpaired) electrons. The van der Waals surface area contributed by atoms with Gasteiger partial charge in [0.2, 0.25) is 5.91 Å². The van der Waals surface area contributed by atoms with E-state index in [1.54, 1.807) is 19.4 Å². The largest absolute Gasteiger partial charge is 0.347 e. The van der Waals surface area contributed by atoms with Crippen LogP contribution in [0.2, 0.25) is 0 Å². The van der Waals surface area contributed by atoms with Crippen molar-refractivity contribution in [2.24, 2.45) is 0 Å². The summed E-state index contributed by atoms with van der Waals surface area (Å²) < 4.78 is 1.94. The molecule has 0 atom stereocenters. The Hall–Kier alpha value is -2.36. The minimum absolute atomic E-state index is 0.143. The van der Waals surface area contributed by atoms with Crippen LogP contribution >= 0.6 is 0 Å². The van der Waals surface area contributed by atoms with Gasteiger partial charge in [-0.25, -0.2) is 4.98 Å². The lowest BCUT2D eigenvalue weighted by Crippen LogP contribution is -2.24. The molecular formula is C14H15N3O. The summed E-state index contributed by atoms with van der Waals surface area (Å²) >= 11 is 0. The van der Waals surface area contributed by atoms with Crippen LogP contribution in [0.25, 0.3) is 5.69 Å². The fraction of sp³-hybridized carbons (Fsp3) is 0.143. The Labute approximate surface area is 106 Å². The molecule has 0 aliphatic rings. The Morgan fingerprint density at radius 2 is 2.11 bits per heavy atom. The van der Waals surface area contributed by atoms with Gasteiger partial charge in [0.05, 0.1) is 24.8 Å². The second-order valence-corrected chi connectivity index (χ2v) is 4.05. The molecule has 0 unspecified atom stereocenters. The summed E-state index contributed by atoms with van der Waals surface area (Å²) in [5, 5.41) is 2.80. The lowest BCUT2D eigenvalue weighted by molar-refractivity contribution is -0.117. The first-order valence-corrected chi connectivity index (χ1v) is 5.69. The number of para-hydroxylation sites is 1. The van der Waals surface area contributed by atoms with E-state index in [2.05, 4.69) is 16.9 Å². The molecule has 0 aliphatic carbocycles. The maximum Gasteiger partial charge on any atom is 0.246 e. The monoisotopic (exact) mass is 241 g/mol. The fourth-order valence-electron chi connectivity index (χ4n) is 1.60. The van der Waals surface area contributed by atoms with E-state index in [0.717, 1.165) is 11.4 Å². The summed E-state index contributed by atoms with van der Waals surface area (Å²) in [6, 6.07) is 9.87. The molecule has 0 aliphatic heterocycles. The minimum Gasteiger partial charge on any atom is -0.347 e. The Kier molecular flexibility index (Phi) is 3.57. The van der Waals surface area contributed by atoms with E-state index < -0.39 is 0 Å². The number of carbonyl (C=O) groups is 1. The lowest BCUT2D eigenvalue weighted by atomic mass is 10.3. The molecule has 1 aromatic carbocycles. The number of carbonyl (C=O) groups excluding carboxylic acids is 1. The van der Waals surface area contributed by atoms with E-state index in [-0.39, 0.29) is 5.91 Å². The molecule has 18 heavy (non-hydrogen) atoms. The van der Waals surface area contributed by atoms with Crippen molar-refractivity contribution in [1.82, 2.24) is 14.9 Å². The van der Waals surface area contributed by atoms with E-state index in [9.17, 15) is 4.79 Å². The third-order valence-corrected chi connectivity index (χ3v) is 2.57. The van der Waals surface area contributed by atoms with Gasteiger partial charge in [-0.1, -0.05) is 24.8 Å². The molecule has 0 fully saturated rings. The molecule has 2 aromatic rings. The average molecular weight is 241 g/mol. The predicted octanol–water partition coefficient (Wildman–Crippen LogP) is 2.06. The smallest absolute Gasteiger partial charge is 0.246 e. The molecular weight excluding hydrogens is 226 g/mol. The van der Waals surface area contributed by atoms with Gasteiger partial charge in [0.25, 0.3) is 0 Å². The van der Waals surface area contributed by atoms with E-state index in [0.29, 0.717) is 12.1 Å². The highest BCUT2D eigenvalue weighted by Gasteiger charge is 2.06. The van der Waals surface area contributed by atoms with Crippen LogP contribution in [-0.2, 0) is 11.3 Å². The zero-order valence-corrected chi connectivity index (χ0v) is 10.3. The Balaban J connectivity index is 2.14. The van der Waals surface area contributed by atoms with Crippen LogP contribution in [0.1, 0.15) is 12.6 Å². The molecule has 4 nitrogen and oxygen atoms in total. The molecule has 0 saturated carbocycles. The van der Waals surface area contributed by atoms with Crippen LogP contribution in [-0.4, -0.2) is 15.5 Å². The summed E-state index contributed by atoms with van der Waals surface area (Å²) in [7, 11) is 0. The second kappa shape index (κ2) is 5.31. The van der Waals surface area contributed by atoms with Gasteiger partial charge in [-0.15, -0.1) is 0 Å². The van der Waals surface area contributed by atoms with Gasteiger partial charge < -0.3 is 9.88 Å². The van der Waals surface area contributed by atoms with Crippen LogP contribution < -0.4 is 5.32 Å². The van der Waals surface area contributed by atoms with Gasteiger partial charge in [0, 0.05) is 11.3 Å². The Bertz CT molecular complexity index is 557. The number of aromatic nitrogens is 2. The van der Waals surface area contributed by atoms with Gasteiger partial charge in [-0.05, 0) is 19.1 Å². The molecule has 0 bridgehead atoms. The van der Waals surface area contributed by atoms with Crippen molar-refractivity contribution in [3.63, 3.8) is 0 Å². The summed E-state index contributed by atoms with van der Waals surface area (Å²) in [6.45, 7) is 5.72. The lowest BCUT2D eigenvalue weighted by Gasteiger charge is -2.09. The Morgan fingerprint density at radius 3 is 2.78 bits per heavy atom. The van der Waals surface area contributed by atoms with Crippen molar-refractivity contribution in [2.45, 2.75) is 13.5 Å². The zero-order chi connectivity index (χ0) is 13.0. The van der Waals surface area contributed by atoms with E-state index >= 15 is 0 Å². The molecule has 1 amide bonds. The first-order chi connectivity index (χ1) is 8.68. The van der Waals surface area contributed by atoms with Gasteiger partial charge in [-0.2, -0.15) is 0 Å². The Morgan fingerprint density at radius 1 is 1.39 bits per heavy atom. The molecule has 1 N–H and O–H groups in total. The minimum atomic E-state index is -0.143. The highest BCUT2D eigenvalue weighted by Crippen LogP contribution is 2.10. The zero-order valence-electron chi connectivity index (χ0n) is 10.3. The van der Waals surface area contributed by atoms with Crippen LogP contribution in [0, 0.1) is 0 Å². The summed E-state index contributed by atoms with van der Waals surface area (Å²) in [6.07, 6.45) is 3.48. The standard InChI is InChI=1S/C14H15N3O/c1-11(2)14(18)16-9-13-8-15-10-17(13)12-6-4-3-5-7-12/h3-8,10H,1,9H2,2H3,(H,16,18). The van der Waals surface area contributed by atoms with E-state index in [4.69, 9.17) is 0 Å². The number of rotatable bonds is 4. The predicted molar refractivity (Wildman–Crippen MR) is 70.2 cm³/mol. The van der Waals surface area contributed by atoms with Crippen molar-refractivity contribution in [3.8, 4) is 5.69 Å². The van der Waals surface area contributed by atoms with Crippen molar-refractivity contribution in [1.29, 1.82) is 0 Å². The third kappa shape index (κ3) is 2.66. The SMILES string of the molecule is C=C(C)C(=O)NCc1cncn1-c1ccccc1. The van der Waals surface area contributed by atoms with Crippen LogP contribution in [0.4, 0.5) is 0 Å². The first-order valence-electron chi connectivity index (χ1n) is 5.69. The maximum atomic E-state index is 11.4. The molecule has 92 valence electrons. The second-order valence-electron chi connectivity index (χ2n) is 4.05. The van der Waals surface area contributed by atoms with Gasteiger partial charge in [-0.3, -0.25) is 4.79 Å². The number of imidazole rings is 1. The maximum absolute atomic E-state index is 11.4. The molecule has 2 rings (SSSR count). The van der Waals surface area contributed by atoms with Crippen molar-refractivity contribution < 1.29 is 4.79 Å². The topological polar surface area (TPSA) is 46.9 Å². The van der Waals surface area contributed by atoms with Gasteiger partial charge in [0.1, 0.15) is 0 Å². The number of nitrogens with one attached hydrogen (secondary N) is 1. The van der Waals surface area contributed by atoms with Crippen molar-refractivity contribution >= 4 is 5.91 Å². The van der Waals surface area contributed by atoms with E-state index in [1.807, 2.05) is 34.9 Å². The van der Waals surface area contributed by atoms with Gasteiger partial charge in [0.15, 0.2) is 0 Å². The third-order valence-electron chi connectivity index (χ3n) is 2.57. The molecule has 0 saturated heterocycles. The van der Waals surface area contributed by atoms with Crippen LogP contribution in [0.15, 0.2) is 55.0 Å². The number of benzene rings is 1. The summed E-state index contributed by atoms with van der Waals surface area (Å²) in [5.41, 5.74) is 2.45. The van der Waals surface area contributed by atoms with Crippen LogP contribution in [0.5, 0.6) is 0 Å². The quantitative estimate of drug-likeness (QED) is 0.833. The fourth-order valence-corrected chi connectivity index (χ4v) is 1.60. The summed E-state index contributed by atoms with van der Waals surface area (Å²) in [5.74, 6) is -0.143. The normalized spacial score (nSPS) is 10.1. The van der Waals surface area contributed by atoms with Gasteiger partial charge >= 0.3 is 0 Å². The highest BCUT2D eigenvalue weighted by molar-refractivity contribution is 5.91. The van der Waals surface area contributed by atoms with Crippen molar-refractivity contribution in [2.75, 3.05) is 0 Å². The molecule has 4 heteroatoms. The number of amides is 1. The molecule has 0 spiro atoms.